The zero-order chi connectivity index (χ0) is 16.9. The molecule has 0 unspecified atom stereocenters. The first-order valence-corrected chi connectivity index (χ1v) is 7.59. The van der Waals surface area contributed by atoms with Gasteiger partial charge in [-0.3, -0.25) is 9.59 Å². The first-order chi connectivity index (χ1) is 11.5. The number of anilines is 1. The van der Waals surface area contributed by atoms with Crippen LogP contribution in [0, 0.1) is 0 Å². The number of hydrogen-bond acceptors (Lipinski definition) is 4. The van der Waals surface area contributed by atoms with Crippen LogP contribution in [0.5, 0.6) is 0 Å². The van der Waals surface area contributed by atoms with E-state index in [-0.39, 0.29) is 18.0 Å². The van der Waals surface area contributed by atoms with Gasteiger partial charge in [0.1, 0.15) is 0 Å². The number of Topliss-reactive ketones (excluding diaryl/α,β-unsaturated/α-hetero) is 1. The average Bonchev–Trinajstić information content (AvgIpc) is 3.04. The van der Waals surface area contributed by atoms with E-state index in [1.807, 2.05) is 24.3 Å². The van der Waals surface area contributed by atoms with Gasteiger partial charge in [-0.2, -0.15) is 0 Å². The number of carbonyl (C=O) groups is 2. The first-order valence-electron chi connectivity index (χ1n) is 7.59. The maximum atomic E-state index is 12.7. The minimum absolute atomic E-state index is 0.224. The van der Waals surface area contributed by atoms with Crippen molar-refractivity contribution >= 4 is 28.4 Å². The highest BCUT2D eigenvalue weighted by molar-refractivity contribution is 6.09. The van der Waals surface area contributed by atoms with E-state index in [1.165, 1.54) is 0 Å². The summed E-state index contributed by atoms with van der Waals surface area (Å²) in [5.74, 6) is -0.749. The number of fused-ring (bicyclic) bond motifs is 2. The molecule has 0 radical (unpaired) electrons. The number of nitrogens with zero attached hydrogens (tertiary/aromatic N) is 2. The van der Waals surface area contributed by atoms with Crippen LogP contribution >= 0.6 is 0 Å². The van der Waals surface area contributed by atoms with Gasteiger partial charge < -0.3 is 15.0 Å². The molecule has 24 heavy (non-hydrogen) atoms. The third-order valence-corrected chi connectivity index (χ3v) is 4.45. The van der Waals surface area contributed by atoms with Crippen LogP contribution in [0.2, 0.25) is 0 Å². The molecular formula is C18H15N3O3. The highest BCUT2D eigenvalue weighted by atomic mass is 16.3. The van der Waals surface area contributed by atoms with Gasteiger partial charge in [0.15, 0.2) is 11.4 Å². The van der Waals surface area contributed by atoms with Gasteiger partial charge in [-0.1, -0.05) is 30.3 Å². The molecule has 2 heterocycles. The Balaban J connectivity index is 1.73. The van der Waals surface area contributed by atoms with Gasteiger partial charge >= 0.3 is 0 Å². The average molecular weight is 321 g/mol. The van der Waals surface area contributed by atoms with Crippen LogP contribution in [-0.4, -0.2) is 26.3 Å². The molecule has 1 aromatic heterocycles. The van der Waals surface area contributed by atoms with Gasteiger partial charge in [-0.05, 0) is 18.2 Å². The van der Waals surface area contributed by atoms with Crippen LogP contribution in [0.25, 0.3) is 11.0 Å². The summed E-state index contributed by atoms with van der Waals surface area (Å²) in [6, 6.07) is 14.2. The molecule has 0 spiro atoms. The first kappa shape index (κ1) is 14.6. The van der Waals surface area contributed by atoms with Gasteiger partial charge in [-0.15, -0.1) is 0 Å². The lowest BCUT2D eigenvalue weighted by molar-refractivity contribution is -0.133. The number of imidazole rings is 1. The molecule has 0 aliphatic carbocycles. The number of benzene rings is 2. The maximum absolute atomic E-state index is 12.7. The van der Waals surface area contributed by atoms with Crippen molar-refractivity contribution in [2.75, 3.05) is 5.32 Å². The fourth-order valence-electron chi connectivity index (χ4n) is 3.18. The summed E-state index contributed by atoms with van der Waals surface area (Å²) in [4.78, 5) is 29.3. The third-order valence-electron chi connectivity index (χ3n) is 4.45. The lowest BCUT2D eigenvalue weighted by atomic mass is 9.90. The zero-order valence-electron chi connectivity index (χ0n) is 13.0. The van der Waals surface area contributed by atoms with Crippen LogP contribution in [-0.2, 0) is 17.4 Å². The van der Waals surface area contributed by atoms with Crippen LogP contribution in [0.1, 0.15) is 22.6 Å². The Kier molecular flexibility index (Phi) is 3.04. The van der Waals surface area contributed by atoms with Crippen LogP contribution < -0.4 is 5.32 Å². The molecule has 1 aliphatic rings. The Labute approximate surface area is 137 Å². The standard InChI is InChI=1S/C18H15N3O3/c1-21-14-9-5-4-8-13(14)19-16(21)15(22)10-18(24)11-6-2-3-7-12(11)20-17(18)23/h2-9,24H,10H2,1H3,(H,20,23)/t18-/m1/s1. The van der Waals surface area contributed by atoms with Gasteiger partial charge in [0, 0.05) is 18.3 Å². The molecule has 3 aromatic rings. The Hall–Kier alpha value is -2.99. The zero-order valence-corrected chi connectivity index (χ0v) is 13.0. The van der Waals surface area contributed by atoms with E-state index >= 15 is 0 Å². The molecule has 0 saturated carbocycles. The predicted molar refractivity (Wildman–Crippen MR) is 88.6 cm³/mol. The van der Waals surface area contributed by atoms with Crippen molar-refractivity contribution < 1.29 is 14.7 Å². The van der Waals surface area contributed by atoms with Gasteiger partial charge in [0.05, 0.1) is 17.5 Å². The van der Waals surface area contributed by atoms with E-state index < -0.39 is 11.5 Å². The number of aromatic nitrogens is 2. The molecule has 1 aliphatic heterocycles. The Morgan fingerprint density at radius 2 is 1.92 bits per heavy atom. The second-order valence-electron chi connectivity index (χ2n) is 5.94. The summed E-state index contributed by atoms with van der Waals surface area (Å²) in [5, 5.41) is 13.5. The highest BCUT2D eigenvalue weighted by Crippen LogP contribution is 2.38. The fourth-order valence-corrected chi connectivity index (χ4v) is 3.18. The highest BCUT2D eigenvalue weighted by Gasteiger charge is 2.47. The molecule has 4 rings (SSSR count). The van der Waals surface area contributed by atoms with Crippen molar-refractivity contribution in [1.82, 2.24) is 9.55 Å². The second kappa shape index (κ2) is 5.01. The Bertz CT molecular complexity index is 992. The molecule has 1 amide bonds. The van der Waals surface area contributed by atoms with Crippen molar-refractivity contribution in [3.8, 4) is 0 Å². The number of amides is 1. The summed E-state index contributed by atoms with van der Waals surface area (Å²) >= 11 is 0. The predicted octanol–water partition coefficient (Wildman–Crippen LogP) is 1.99. The monoisotopic (exact) mass is 321 g/mol. The van der Waals surface area contributed by atoms with E-state index in [9.17, 15) is 14.7 Å². The summed E-state index contributed by atoms with van der Waals surface area (Å²) in [5.41, 5.74) is 0.604. The number of aryl methyl sites for hydroxylation is 1. The number of para-hydroxylation sites is 3. The minimum atomic E-state index is -1.87. The minimum Gasteiger partial charge on any atom is -0.375 e. The van der Waals surface area contributed by atoms with Gasteiger partial charge in [-0.25, -0.2) is 4.98 Å². The lowest BCUT2D eigenvalue weighted by Crippen LogP contribution is -2.37. The van der Waals surface area contributed by atoms with Gasteiger partial charge in [0.25, 0.3) is 5.91 Å². The van der Waals surface area contributed by atoms with Crippen molar-refractivity contribution in [2.24, 2.45) is 7.05 Å². The smallest absolute Gasteiger partial charge is 0.261 e. The summed E-state index contributed by atoms with van der Waals surface area (Å²) in [6.07, 6.45) is -0.354. The fraction of sp³-hybridized carbons (Fsp3) is 0.167. The summed E-state index contributed by atoms with van der Waals surface area (Å²) < 4.78 is 1.68. The van der Waals surface area contributed by atoms with E-state index in [0.717, 1.165) is 5.52 Å². The summed E-state index contributed by atoms with van der Waals surface area (Å²) in [6.45, 7) is 0. The number of carbonyl (C=O) groups excluding carboxylic acids is 2. The Morgan fingerprint density at radius 3 is 2.71 bits per heavy atom. The van der Waals surface area contributed by atoms with E-state index in [4.69, 9.17) is 0 Å². The van der Waals surface area contributed by atoms with Crippen molar-refractivity contribution in [3.63, 3.8) is 0 Å². The van der Waals surface area contributed by atoms with Crippen molar-refractivity contribution in [3.05, 3.63) is 59.9 Å². The quantitative estimate of drug-likeness (QED) is 0.723. The number of aliphatic hydroxyl groups is 1. The maximum Gasteiger partial charge on any atom is 0.261 e. The Morgan fingerprint density at radius 1 is 1.21 bits per heavy atom. The molecule has 2 aromatic carbocycles. The molecule has 0 saturated heterocycles. The molecule has 120 valence electrons. The topological polar surface area (TPSA) is 84.2 Å². The molecule has 2 N–H and O–H groups in total. The molecule has 0 bridgehead atoms. The molecule has 1 atom stereocenters. The number of rotatable bonds is 3. The molecular weight excluding hydrogens is 306 g/mol. The summed E-state index contributed by atoms with van der Waals surface area (Å²) in [7, 11) is 1.75. The molecule has 6 heteroatoms. The van der Waals surface area contributed by atoms with E-state index in [2.05, 4.69) is 10.3 Å². The second-order valence-corrected chi connectivity index (χ2v) is 5.94. The molecule has 6 nitrogen and oxygen atoms in total. The van der Waals surface area contributed by atoms with Gasteiger partial charge in [0.2, 0.25) is 5.78 Å². The number of hydrogen-bond donors (Lipinski definition) is 2. The SMILES string of the molecule is Cn1c(C(=O)C[C@]2(O)C(=O)Nc3ccccc32)nc2ccccc21. The van der Waals surface area contributed by atoms with Crippen molar-refractivity contribution in [1.29, 1.82) is 0 Å². The number of nitrogens with one attached hydrogen (secondary N) is 1. The van der Waals surface area contributed by atoms with Crippen LogP contribution in [0.15, 0.2) is 48.5 Å². The van der Waals surface area contributed by atoms with Crippen LogP contribution in [0.3, 0.4) is 0 Å². The molecule has 0 fully saturated rings. The third kappa shape index (κ3) is 1.97. The van der Waals surface area contributed by atoms with Crippen LogP contribution in [0.4, 0.5) is 5.69 Å². The lowest BCUT2D eigenvalue weighted by Gasteiger charge is -2.19. The number of ketones is 1. The van der Waals surface area contributed by atoms with Crippen molar-refractivity contribution in [2.45, 2.75) is 12.0 Å². The van der Waals surface area contributed by atoms with E-state index in [1.54, 1.807) is 35.9 Å². The normalized spacial score (nSPS) is 19.3. The largest absolute Gasteiger partial charge is 0.375 e. The van der Waals surface area contributed by atoms with E-state index in [0.29, 0.717) is 16.8 Å².